The fraction of sp³-hybridized carbons (Fsp3) is 0.385. The minimum absolute atomic E-state index is 0.289. The van der Waals surface area contributed by atoms with E-state index in [0.717, 1.165) is 10.2 Å². The summed E-state index contributed by atoms with van der Waals surface area (Å²) in [5.41, 5.74) is 0.879. The van der Waals surface area contributed by atoms with Crippen LogP contribution in [0, 0.1) is 0 Å². The molecule has 19 heavy (non-hydrogen) atoms. The molecule has 0 saturated carbocycles. The highest BCUT2D eigenvalue weighted by Gasteiger charge is 2.07. The third-order valence-corrected chi connectivity index (χ3v) is 3.70. The van der Waals surface area contributed by atoms with Crippen molar-refractivity contribution in [1.29, 1.82) is 0 Å². The number of nitrogens with one attached hydrogen (secondary N) is 2. The van der Waals surface area contributed by atoms with Crippen LogP contribution in [0.25, 0.3) is 10.2 Å². The molecule has 2 rings (SSSR count). The van der Waals surface area contributed by atoms with E-state index in [0.29, 0.717) is 24.5 Å². The maximum Gasteiger partial charge on any atom is 0.321 e. The third kappa shape index (κ3) is 3.90. The predicted molar refractivity (Wildman–Crippen MR) is 77.6 cm³/mol. The molecule has 1 unspecified atom stereocenters. The van der Waals surface area contributed by atoms with Crippen LogP contribution in [0.5, 0.6) is 0 Å². The second-order valence-electron chi connectivity index (χ2n) is 4.22. The van der Waals surface area contributed by atoms with E-state index in [4.69, 9.17) is 0 Å². The molecule has 2 aromatic rings. The summed E-state index contributed by atoms with van der Waals surface area (Å²) in [5, 5.41) is 15.3. The normalized spacial score (nSPS) is 12.3. The summed E-state index contributed by atoms with van der Waals surface area (Å²) in [6.07, 6.45) is 0.896. The largest absolute Gasteiger partial charge is 0.393 e. The minimum atomic E-state index is -0.359. The summed E-state index contributed by atoms with van der Waals surface area (Å²) in [7, 11) is 0. The van der Waals surface area contributed by atoms with Crippen LogP contribution in [-0.4, -0.2) is 28.8 Å². The Labute approximate surface area is 115 Å². The number of aromatic nitrogens is 1. The first-order valence-corrected chi connectivity index (χ1v) is 7.09. The maximum absolute atomic E-state index is 11.6. The molecule has 0 aliphatic heterocycles. The van der Waals surface area contributed by atoms with Crippen molar-refractivity contribution in [2.24, 2.45) is 0 Å². The van der Waals surface area contributed by atoms with Gasteiger partial charge in [-0.15, -0.1) is 0 Å². The van der Waals surface area contributed by atoms with Crippen molar-refractivity contribution in [2.45, 2.75) is 25.9 Å². The molecule has 0 aliphatic rings. The van der Waals surface area contributed by atoms with Crippen molar-refractivity contribution in [2.75, 3.05) is 11.9 Å². The number of benzene rings is 1. The molecule has 3 N–H and O–H groups in total. The number of nitrogens with zero attached hydrogens (tertiary/aromatic N) is 1. The van der Waals surface area contributed by atoms with Gasteiger partial charge in [-0.25, -0.2) is 9.78 Å². The van der Waals surface area contributed by atoms with E-state index in [1.54, 1.807) is 0 Å². The molecule has 2 amide bonds. The number of aliphatic hydroxyl groups is 1. The lowest BCUT2D eigenvalue weighted by Crippen LogP contribution is -2.31. The van der Waals surface area contributed by atoms with Crippen LogP contribution in [0.15, 0.2) is 24.3 Å². The number of fused-ring (bicyclic) bond motifs is 1. The average molecular weight is 279 g/mol. The smallest absolute Gasteiger partial charge is 0.321 e. The molecule has 5 nitrogen and oxygen atoms in total. The lowest BCUT2D eigenvalue weighted by atomic mass is 10.2. The number of rotatable bonds is 5. The summed E-state index contributed by atoms with van der Waals surface area (Å²) in [5.74, 6) is 0. The zero-order valence-corrected chi connectivity index (χ0v) is 11.5. The van der Waals surface area contributed by atoms with Crippen molar-refractivity contribution in [3.05, 3.63) is 24.3 Å². The number of hydrogen-bond donors (Lipinski definition) is 3. The molecular weight excluding hydrogens is 262 g/mol. The first-order chi connectivity index (χ1) is 9.19. The van der Waals surface area contributed by atoms with E-state index in [-0.39, 0.29) is 12.1 Å². The summed E-state index contributed by atoms with van der Waals surface area (Å²) in [6.45, 7) is 2.36. The van der Waals surface area contributed by atoms with Crippen molar-refractivity contribution < 1.29 is 9.90 Å². The van der Waals surface area contributed by atoms with Crippen molar-refractivity contribution in [1.82, 2.24) is 10.3 Å². The third-order valence-electron chi connectivity index (χ3n) is 2.75. The fourth-order valence-corrected chi connectivity index (χ4v) is 2.48. The average Bonchev–Trinajstić information content (AvgIpc) is 2.80. The molecule has 6 heteroatoms. The van der Waals surface area contributed by atoms with Crippen LogP contribution in [0.1, 0.15) is 19.8 Å². The van der Waals surface area contributed by atoms with E-state index < -0.39 is 0 Å². The van der Waals surface area contributed by atoms with Crippen LogP contribution in [-0.2, 0) is 0 Å². The number of thiazole rings is 1. The van der Waals surface area contributed by atoms with Crippen molar-refractivity contribution >= 4 is 32.7 Å². The van der Waals surface area contributed by atoms with Gasteiger partial charge in [0, 0.05) is 6.54 Å². The number of para-hydroxylation sites is 1. The maximum atomic E-state index is 11.6. The second-order valence-corrected chi connectivity index (χ2v) is 5.25. The summed E-state index contributed by atoms with van der Waals surface area (Å²) < 4.78 is 1.04. The Morgan fingerprint density at radius 1 is 1.47 bits per heavy atom. The van der Waals surface area contributed by atoms with E-state index >= 15 is 0 Å². The van der Waals surface area contributed by atoms with Crippen LogP contribution >= 0.6 is 11.3 Å². The van der Waals surface area contributed by atoms with Gasteiger partial charge in [0.1, 0.15) is 0 Å². The van der Waals surface area contributed by atoms with E-state index in [2.05, 4.69) is 15.6 Å². The Bertz CT molecular complexity index is 523. The molecular formula is C13H17N3O2S. The van der Waals surface area contributed by atoms with Gasteiger partial charge in [0.05, 0.1) is 16.3 Å². The molecule has 1 heterocycles. The Hall–Kier alpha value is -1.66. The van der Waals surface area contributed by atoms with E-state index in [1.165, 1.54) is 11.3 Å². The quantitative estimate of drug-likeness (QED) is 0.787. The Morgan fingerprint density at radius 3 is 3.00 bits per heavy atom. The van der Waals surface area contributed by atoms with E-state index in [1.807, 2.05) is 31.2 Å². The van der Waals surface area contributed by atoms with Crippen LogP contribution in [0.3, 0.4) is 0 Å². The molecule has 1 aromatic heterocycles. The van der Waals surface area contributed by atoms with Crippen LogP contribution in [0.2, 0.25) is 0 Å². The van der Waals surface area contributed by atoms with Gasteiger partial charge in [-0.05, 0) is 25.0 Å². The standard InChI is InChI=1S/C13H17N3O2S/c1-2-9(17)7-8-14-12(18)16-13-15-10-5-3-4-6-11(10)19-13/h3-6,9,17H,2,7-8H2,1H3,(H2,14,15,16,18). The zero-order chi connectivity index (χ0) is 13.7. The molecule has 0 spiro atoms. The first kappa shape index (κ1) is 13.8. The predicted octanol–water partition coefficient (Wildman–Crippen LogP) is 2.58. The Morgan fingerprint density at radius 2 is 2.26 bits per heavy atom. The fourth-order valence-electron chi connectivity index (χ4n) is 1.62. The molecule has 0 aliphatic carbocycles. The Kier molecular flexibility index (Phi) is 4.70. The Balaban J connectivity index is 1.85. The molecule has 0 fully saturated rings. The lowest BCUT2D eigenvalue weighted by Gasteiger charge is -2.08. The topological polar surface area (TPSA) is 74.2 Å². The SMILES string of the molecule is CCC(O)CCNC(=O)Nc1nc2ccccc2s1. The molecule has 0 saturated heterocycles. The summed E-state index contributed by atoms with van der Waals surface area (Å²) in [4.78, 5) is 15.9. The highest BCUT2D eigenvalue weighted by molar-refractivity contribution is 7.22. The monoisotopic (exact) mass is 279 g/mol. The van der Waals surface area contributed by atoms with Crippen molar-refractivity contribution in [3.63, 3.8) is 0 Å². The van der Waals surface area contributed by atoms with Crippen molar-refractivity contribution in [3.8, 4) is 0 Å². The van der Waals surface area contributed by atoms with Crippen LogP contribution in [0.4, 0.5) is 9.93 Å². The molecule has 102 valence electrons. The molecule has 0 radical (unpaired) electrons. The highest BCUT2D eigenvalue weighted by Crippen LogP contribution is 2.25. The van der Waals surface area contributed by atoms with Gasteiger partial charge >= 0.3 is 6.03 Å². The van der Waals surface area contributed by atoms with Gasteiger partial charge in [-0.3, -0.25) is 5.32 Å². The number of hydrogen-bond acceptors (Lipinski definition) is 4. The second kappa shape index (κ2) is 6.49. The van der Waals surface area contributed by atoms with E-state index in [9.17, 15) is 9.90 Å². The number of carbonyl (C=O) groups is 1. The molecule has 1 atom stereocenters. The van der Waals surface area contributed by atoms with Gasteiger partial charge in [0.25, 0.3) is 0 Å². The first-order valence-electron chi connectivity index (χ1n) is 6.27. The molecule has 0 bridgehead atoms. The van der Waals surface area contributed by atoms with Gasteiger partial charge in [0.2, 0.25) is 0 Å². The lowest BCUT2D eigenvalue weighted by molar-refractivity contribution is 0.160. The number of anilines is 1. The van der Waals surface area contributed by atoms with Crippen LogP contribution < -0.4 is 10.6 Å². The van der Waals surface area contributed by atoms with Gasteiger partial charge in [-0.2, -0.15) is 0 Å². The number of urea groups is 1. The van der Waals surface area contributed by atoms with Gasteiger partial charge in [-0.1, -0.05) is 30.4 Å². The summed E-state index contributed by atoms with van der Waals surface area (Å²) in [6, 6.07) is 7.44. The minimum Gasteiger partial charge on any atom is -0.393 e. The number of aliphatic hydroxyl groups excluding tert-OH is 1. The number of amides is 2. The highest BCUT2D eigenvalue weighted by atomic mass is 32.1. The van der Waals surface area contributed by atoms with Gasteiger partial charge < -0.3 is 10.4 Å². The summed E-state index contributed by atoms with van der Waals surface area (Å²) >= 11 is 1.44. The van der Waals surface area contributed by atoms with Gasteiger partial charge in [0.15, 0.2) is 5.13 Å². The molecule has 1 aromatic carbocycles. The zero-order valence-electron chi connectivity index (χ0n) is 10.7. The number of carbonyl (C=O) groups excluding carboxylic acids is 1.